The molecule has 0 radical (unpaired) electrons. The molecule has 0 fully saturated rings. The van der Waals surface area contributed by atoms with Gasteiger partial charge < -0.3 is 10.1 Å². The number of nitrogens with one attached hydrogen (secondary N) is 1. The number of sulfonamides is 1. The highest BCUT2D eigenvalue weighted by atomic mass is 35.5. The van der Waals surface area contributed by atoms with Gasteiger partial charge in [0, 0.05) is 7.05 Å². The van der Waals surface area contributed by atoms with Gasteiger partial charge in [0.1, 0.15) is 5.75 Å². The van der Waals surface area contributed by atoms with Crippen LogP contribution in [0.25, 0.3) is 0 Å². The summed E-state index contributed by atoms with van der Waals surface area (Å²) in [5.41, 5.74) is -0.732. The molecule has 2 aromatic rings. The summed E-state index contributed by atoms with van der Waals surface area (Å²) in [6.07, 6.45) is -3.51. The van der Waals surface area contributed by atoms with Gasteiger partial charge in [0.25, 0.3) is 5.91 Å². The Morgan fingerprint density at radius 1 is 1.18 bits per heavy atom. The highest BCUT2D eigenvalue weighted by Gasteiger charge is 2.31. The zero-order valence-electron chi connectivity index (χ0n) is 14.7. The molecule has 0 aliphatic rings. The molecule has 2 rings (SSSR count). The van der Waals surface area contributed by atoms with Crippen LogP contribution in [-0.2, 0) is 21.0 Å². The van der Waals surface area contributed by atoms with Crippen LogP contribution in [0.4, 0.5) is 24.5 Å². The first-order valence-corrected chi connectivity index (χ1v) is 9.94. The predicted octanol–water partition coefficient (Wildman–Crippen LogP) is 3.77. The first-order chi connectivity index (χ1) is 12.9. The maximum absolute atomic E-state index is 12.7. The van der Waals surface area contributed by atoms with Gasteiger partial charge in [-0.3, -0.25) is 9.10 Å². The Kier molecular flexibility index (Phi) is 6.45. The third-order valence-corrected chi connectivity index (χ3v) is 5.17. The van der Waals surface area contributed by atoms with Crippen molar-refractivity contribution >= 4 is 38.9 Å². The van der Waals surface area contributed by atoms with Crippen LogP contribution < -0.4 is 14.4 Å². The van der Waals surface area contributed by atoms with Crippen LogP contribution in [0.1, 0.15) is 5.56 Å². The average Bonchev–Trinajstić information content (AvgIpc) is 2.60. The lowest BCUT2D eigenvalue weighted by Crippen LogP contribution is -2.24. The fraction of sp³-hybridized carbons (Fsp3) is 0.235. The summed E-state index contributed by atoms with van der Waals surface area (Å²) in [5.74, 6) is -0.436. The summed E-state index contributed by atoms with van der Waals surface area (Å²) in [5, 5.41) is 2.21. The lowest BCUT2D eigenvalue weighted by molar-refractivity contribution is -0.137. The van der Waals surface area contributed by atoms with Crippen LogP contribution in [0, 0.1) is 0 Å². The molecule has 1 N–H and O–H groups in total. The standard InChI is InChI=1S/C17H16ClF3N2O4S/c1-23(28(2,25)26)12-4-6-13(7-5-12)27-10-16(24)22-15-9-11(17(19,20)21)3-8-14(15)18/h3-9H,10H2,1-2H3,(H,22,24). The van der Waals surface area contributed by atoms with E-state index in [0.717, 1.165) is 28.8 Å². The molecule has 152 valence electrons. The predicted molar refractivity (Wildman–Crippen MR) is 100 cm³/mol. The van der Waals surface area contributed by atoms with Gasteiger partial charge in [0.15, 0.2) is 6.61 Å². The van der Waals surface area contributed by atoms with Crippen LogP contribution in [0.15, 0.2) is 42.5 Å². The molecule has 0 heterocycles. The second-order valence-corrected chi connectivity index (χ2v) is 8.17. The molecular weight excluding hydrogens is 421 g/mol. The lowest BCUT2D eigenvalue weighted by atomic mass is 10.2. The largest absolute Gasteiger partial charge is 0.484 e. The van der Waals surface area contributed by atoms with E-state index in [0.29, 0.717) is 5.69 Å². The van der Waals surface area contributed by atoms with E-state index in [1.54, 1.807) is 0 Å². The quantitative estimate of drug-likeness (QED) is 0.748. The number of hydrogen-bond acceptors (Lipinski definition) is 4. The minimum absolute atomic E-state index is 0.0467. The molecule has 1 amide bonds. The molecule has 0 bridgehead atoms. The number of amides is 1. The topological polar surface area (TPSA) is 75.7 Å². The Hall–Kier alpha value is -2.46. The number of carbonyl (C=O) groups excluding carboxylic acids is 1. The Morgan fingerprint density at radius 3 is 2.32 bits per heavy atom. The zero-order valence-corrected chi connectivity index (χ0v) is 16.3. The van der Waals surface area contributed by atoms with Gasteiger partial charge in [-0.05, 0) is 42.5 Å². The number of carbonyl (C=O) groups is 1. The number of benzene rings is 2. The SMILES string of the molecule is CN(c1ccc(OCC(=O)Nc2cc(C(F)(F)F)ccc2Cl)cc1)S(C)(=O)=O. The Labute approximate surface area is 164 Å². The Bertz CT molecular complexity index is 963. The van der Waals surface area contributed by atoms with Crippen molar-refractivity contribution in [2.24, 2.45) is 0 Å². The number of halogens is 4. The minimum atomic E-state index is -4.57. The van der Waals surface area contributed by atoms with Gasteiger partial charge in [-0.2, -0.15) is 13.2 Å². The fourth-order valence-corrected chi connectivity index (χ4v) is 2.75. The molecule has 0 aromatic heterocycles. The molecular formula is C17H16ClF3N2O4S. The van der Waals surface area contributed by atoms with Gasteiger partial charge >= 0.3 is 6.18 Å². The summed E-state index contributed by atoms with van der Waals surface area (Å²) in [6.45, 7) is -0.478. The zero-order chi connectivity index (χ0) is 21.1. The second-order valence-electron chi connectivity index (χ2n) is 5.75. The van der Waals surface area contributed by atoms with Crippen molar-refractivity contribution in [1.29, 1.82) is 0 Å². The molecule has 0 saturated heterocycles. The smallest absolute Gasteiger partial charge is 0.416 e. The fourth-order valence-electron chi connectivity index (χ4n) is 2.08. The van der Waals surface area contributed by atoms with Crippen LogP contribution >= 0.6 is 11.6 Å². The molecule has 0 saturated carbocycles. The van der Waals surface area contributed by atoms with Crippen molar-refractivity contribution < 1.29 is 31.1 Å². The molecule has 28 heavy (non-hydrogen) atoms. The molecule has 11 heteroatoms. The first-order valence-electron chi connectivity index (χ1n) is 7.71. The number of rotatable bonds is 6. The van der Waals surface area contributed by atoms with Crippen molar-refractivity contribution in [2.75, 3.05) is 29.5 Å². The van der Waals surface area contributed by atoms with E-state index in [1.165, 1.54) is 31.3 Å². The monoisotopic (exact) mass is 436 g/mol. The van der Waals surface area contributed by atoms with E-state index in [1.807, 2.05) is 0 Å². The van der Waals surface area contributed by atoms with Crippen LogP contribution in [0.3, 0.4) is 0 Å². The molecule has 0 unspecified atom stereocenters. The number of alkyl halides is 3. The number of hydrogen-bond donors (Lipinski definition) is 1. The number of ether oxygens (including phenoxy) is 1. The van der Waals surface area contributed by atoms with Crippen LogP contribution in [0.2, 0.25) is 5.02 Å². The van der Waals surface area contributed by atoms with E-state index in [-0.39, 0.29) is 16.5 Å². The summed E-state index contributed by atoms with van der Waals surface area (Å²) in [7, 11) is -2.03. The third-order valence-electron chi connectivity index (χ3n) is 3.64. The normalized spacial score (nSPS) is 11.8. The molecule has 0 atom stereocenters. The van der Waals surface area contributed by atoms with Gasteiger partial charge in [0.2, 0.25) is 10.0 Å². The highest BCUT2D eigenvalue weighted by molar-refractivity contribution is 7.92. The van der Waals surface area contributed by atoms with E-state index in [2.05, 4.69) is 5.32 Å². The summed E-state index contributed by atoms with van der Waals surface area (Å²) in [6, 6.07) is 8.47. The molecule has 0 aliphatic heterocycles. The Balaban J connectivity index is 2.00. The van der Waals surface area contributed by atoms with E-state index in [4.69, 9.17) is 16.3 Å². The summed E-state index contributed by atoms with van der Waals surface area (Å²) in [4.78, 5) is 11.9. The molecule has 6 nitrogen and oxygen atoms in total. The maximum atomic E-state index is 12.7. The second kappa shape index (κ2) is 8.27. The molecule has 0 spiro atoms. The van der Waals surface area contributed by atoms with E-state index < -0.39 is 34.3 Å². The Morgan fingerprint density at radius 2 is 1.79 bits per heavy atom. The van der Waals surface area contributed by atoms with Crippen molar-refractivity contribution in [2.45, 2.75) is 6.18 Å². The van der Waals surface area contributed by atoms with Gasteiger partial charge in [-0.25, -0.2) is 8.42 Å². The highest BCUT2D eigenvalue weighted by Crippen LogP contribution is 2.33. The van der Waals surface area contributed by atoms with Crippen molar-refractivity contribution in [3.63, 3.8) is 0 Å². The van der Waals surface area contributed by atoms with E-state index in [9.17, 15) is 26.4 Å². The van der Waals surface area contributed by atoms with Crippen molar-refractivity contribution in [3.05, 3.63) is 53.1 Å². The minimum Gasteiger partial charge on any atom is -0.484 e. The first kappa shape index (κ1) is 21.8. The van der Waals surface area contributed by atoms with Gasteiger partial charge in [-0.15, -0.1) is 0 Å². The summed E-state index contributed by atoms with van der Waals surface area (Å²) >= 11 is 5.81. The van der Waals surface area contributed by atoms with Crippen LogP contribution in [-0.4, -0.2) is 34.2 Å². The maximum Gasteiger partial charge on any atom is 0.416 e. The number of nitrogens with zero attached hydrogens (tertiary/aromatic N) is 1. The molecule has 0 aliphatic carbocycles. The molecule has 2 aromatic carbocycles. The lowest BCUT2D eigenvalue weighted by Gasteiger charge is -2.17. The van der Waals surface area contributed by atoms with E-state index >= 15 is 0 Å². The van der Waals surface area contributed by atoms with Crippen molar-refractivity contribution in [1.82, 2.24) is 0 Å². The van der Waals surface area contributed by atoms with Gasteiger partial charge in [-0.1, -0.05) is 11.6 Å². The third kappa shape index (κ3) is 5.77. The van der Waals surface area contributed by atoms with Gasteiger partial charge in [0.05, 0.1) is 28.2 Å². The number of anilines is 2. The average molecular weight is 437 g/mol. The summed E-state index contributed by atoms with van der Waals surface area (Å²) < 4.78 is 67.5. The van der Waals surface area contributed by atoms with Crippen molar-refractivity contribution in [3.8, 4) is 5.75 Å². The van der Waals surface area contributed by atoms with Crippen LogP contribution in [0.5, 0.6) is 5.75 Å².